The molecule has 0 aliphatic heterocycles. The summed E-state index contributed by atoms with van der Waals surface area (Å²) in [6.07, 6.45) is 2.10. The summed E-state index contributed by atoms with van der Waals surface area (Å²) in [4.78, 5) is 0. The molecule has 0 rings (SSSR count). The van der Waals surface area contributed by atoms with Crippen molar-refractivity contribution in [2.45, 2.75) is 97.7 Å². The lowest BCUT2D eigenvalue weighted by Crippen LogP contribution is -2.36. The van der Waals surface area contributed by atoms with Crippen molar-refractivity contribution in [3.05, 3.63) is 0 Å². The molecule has 152 valence electrons. The summed E-state index contributed by atoms with van der Waals surface area (Å²) < 4.78 is 28.8. The van der Waals surface area contributed by atoms with E-state index in [1.165, 1.54) is 0 Å². The molecule has 0 unspecified atom stereocenters. The van der Waals surface area contributed by atoms with Gasteiger partial charge in [-0.2, -0.15) is 0 Å². The number of hydrogen-bond acceptors (Lipinski definition) is 5. The first-order chi connectivity index (χ1) is 11.5. The van der Waals surface area contributed by atoms with Gasteiger partial charge < -0.3 is 23.7 Å². The molecule has 25 heavy (non-hydrogen) atoms. The van der Waals surface area contributed by atoms with Crippen molar-refractivity contribution in [3.63, 3.8) is 0 Å². The minimum atomic E-state index is -0.244. The van der Waals surface area contributed by atoms with Gasteiger partial charge in [0.05, 0.1) is 36.6 Å². The quantitative estimate of drug-likeness (QED) is 0.436. The Morgan fingerprint density at radius 2 is 1.04 bits per heavy atom. The molecule has 0 N–H and O–H groups in total. The molecule has 0 saturated carbocycles. The zero-order valence-electron chi connectivity index (χ0n) is 18.0. The Morgan fingerprint density at radius 1 is 0.680 bits per heavy atom. The molecule has 0 saturated heterocycles. The van der Waals surface area contributed by atoms with E-state index < -0.39 is 0 Å². The highest BCUT2D eigenvalue weighted by molar-refractivity contribution is 4.72. The van der Waals surface area contributed by atoms with Crippen molar-refractivity contribution in [1.82, 2.24) is 0 Å². The van der Waals surface area contributed by atoms with Crippen molar-refractivity contribution in [2.24, 2.45) is 0 Å². The van der Waals surface area contributed by atoms with E-state index in [0.29, 0.717) is 26.4 Å². The van der Waals surface area contributed by atoms with Crippen molar-refractivity contribution in [3.8, 4) is 0 Å². The molecule has 0 aliphatic carbocycles. The molecule has 0 amide bonds. The highest BCUT2D eigenvalue weighted by atomic mass is 16.6. The van der Waals surface area contributed by atoms with Gasteiger partial charge in [-0.15, -0.1) is 0 Å². The van der Waals surface area contributed by atoms with Crippen LogP contribution in [0.1, 0.15) is 68.2 Å². The maximum atomic E-state index is 6.03. The van der Waals surface area contributed by atoms with Gasteiger partial charge in [-0.3, -0.25) is 0 Å². The Balaban J connectivity index is 4.15. The largest absolute Gasteiger partial charge is 0.379 e. The average Bonchev–Trinajstić information content (AvgIpc) is 2.46. The fourth-order valence-corrected chi connectivity index (χ4v) is 2.05. The maximum absolute atomic E-state index is 6.03. The minimum Gasteiger partial charge on any atom is -0.379 e. The summed E-state index contributed by atoms with van der Waals surface area (Å²) in [5.41, 5.74) is -0.488. The van der Waals surface area contributed by atoms with Gasteiger partial charge in [0.2, 0.25) is 0 Å². The number of rotatable bonds is 15. The lowest BCUT2D eigenvalue weighted by Gasteiger charge is -2.30. The molecule has 0 aromatic heterocycles. The molecule has 0 aliphatic rings. The van der Waals surface area contributed by atoms with Crippen LogP contribution in [0.15, 0.2) is 0 Å². The van der Waals surface area contributed by atoms with Crippen LogP contribution in [-0.4, -0.2) is 63.1 Å². The second-order valence-corrected chi connectivity index (χ2v) is 8.34. The molecule has 0 aromatic carbocycles. The zero-order valence-corrected chi connectivity index (χ0v) is 18.0. The minimum absolute atomic E-state index is 0.0874. The third-order valence-corrected chi connectivity index (χ3v) is 3.96. The molecule has 0 aromatic rings. The van der Waals surface area contributed by atoms with Crippen LogP contribution >= 0.6 is 0 Å². The molecule has 0 atom stereocenters. The summed E-state index contributed by atoms with van der Waals surface area (Å²) in [5, 5.41) is 0. The van der Waals surface area contributed by atoms with Gasteiger partial charge in [-0.1, -0.05) is 0 Å². The van der Waals surface area contributed by atoms with E-state index in [2.05, 4.69) is 27.7 Å². The van der Waals surface area contributed by atoms with Crippen LogP contribution in [0.2, 0.25) is 0 Å². The Hall–Kier alpha value is -0.200. The van der Waals surface area contributed by atoms with Crippen LogP contribution in [-0.2, 0) is 23.7 Å². The molecule has 5 nitrogen and oxygen atoms in total. The highest BCUT2D eigenvalue weighted by Crippen LogP contribution is 2.18. The van der Waals surface area contributed by atoms with Crippen LogP contribution in [0.25, 0.3) is 0 Å². The molecule has 0 heterocycles. The highest BCUT2D eigenvalue weighted by Gasteiger charge is 2.24. The van der Waals surface area contributed by atoms with E-state index >= 15 is 0 Å². The lowest BCUT2D eigenvalue weighted by atomic mass is 10.1. The first kappa shape index (κ1) is 24.8. The predicted octanol–water partition coefficient (Wildman–Crippen LogP) is 4.22. The molecule has 0 spiro atoms. The van der Waals surface area contributed by atoms with Gasteiger partial charge in [0.1, 0.15) is 6.10 Å². The zero-order chi connectivity index (χ0) is 19.5. The first-order valence-electron chi connectivity index (χ1n) is 9.51. The third-order valence-electron chi connectivity index (χ3n) is 3.96. The summed E-state index contributed by atoms with van der Waals surface area (Å²) in [6.45, 7) is 18.9. The van der Waals surface area contributed by atoms with E-state index in [9.17, 15) is 0 Å². The van der Waals surface area contributed by atoms with Crippen molar-refractivity contribution < 1.29 is 23.7 Å². The van der Waals surface area contributed by atoms with Gasteiger partial charge in [0.25, 0.3) is 0 Å². The van der Waals surface area contributed by atoms with Crippen LogP contribution in [0.4, 0.5) is 0 Å². The van der Waals surface area contributed by atoms with E-state index in [1.54, 1.807) is 7.11 Å². The molecular weight excluding hydrogens is 320 g/mol. The summed E-state index contributed by atoms with van der Waals surface area (Å²) >= 11 is 0. The summed E-state index contributed by atoms with van der Waals surface area (Å²) in [5.74, 6) is 0. The van der Waals surface area contributed by atoms with Gasteiger partial charge in [-0.25, -0.2) is 0 Å². The maximum Gasteiger partial charge on any atom is 0.104 e. The van der Waals surface area contributed by atoms with Gasteiger partial charge in [0.15, 0.2) is 0 Å². The van der Waals surface area contributed by atoms with Crippen molar-refractivity contribution in [2.75, 3.05) is 33.5 Å². The fourth-order valence-electron chi connectivity index (χ4n) is 2.05. The number of ether oxygens (including phenoxy) is 5. The summed E-state index contributed by atoms with van der Waals surface area (Å²) in [7, 11) is 1.70. The van der Waals surface area contributed by atoms with Crippen LogP contribution in [0.5, 0.6) is 0 Å². The van der Waals surface area contributed by atoms with E-state index in [1.807, 2.05) is 27.7 Å². The predicted molar refractivity (Wildman–Crippen MR) is 102 cm³/mol. The molecule has 0 radical (unpaired) electrons. The first-order valence-corrected chi connectivity index (χ1v) is 9.51. The van der Waals surface area contributed by atoms with E-state index in [-0.39, 0.29) is 29.5 Å². The van der Waals surface area contributed by atoms with Crippen molar-refractivity contribution >= 4 is 0 Å². The monoisotopic (exact) mass is 362 g/mol. The molecule has 0 bridgehead atoms. The van der Waals surface area contributed by atoms with Crippen LogP contribution < -0.4 is 0 Å². The smallest absolute Gasteiger partial charge is 0.104 e. The molecular formula is C20H42O5. The average molecular weight is 363 g/mol. The summed E-state index contributed by atoms with van der Waals surface area (Å²) in [6, 6.07) is 0. The Kier molecular flexibility index (Phi) is 12.1. The number of hydrogen-bond donors (Lipinski definition) is 0. The van der Waals surface area contributed by atoms with E-state index in [4.69, 9.17) is 23.7 Å². The Morgan fingerprint density at radius 3 is 1.32 bits per heavy atom. The van der Waals surface area contributed by atoms with Crippen LogP contribution in [0.3, 0.4) is 0 Å². The lowest BCUT2D eigenvalue weighted by molar-refractivity contribution is -0.127. The normalized spacial score (nSPS) is 13.4. The van der Waals surface area contributed by atoms with Crippen molar-refractivity contribution in [1.29, 1.82) is 0 Å². The third kappa shape index (κ3) is 14.6. The standard InChI is InChI=1S/C20H42O5/c1-16(2)22-12-10-19(5,6)24-14-18(21-9)15-25-20(7,8)11-13-23-17(3)4/h16-18H,10-15H2,1-9H3. The van der Waals surface area contributed by atoms with Crippen LogP contribution in [0, 0.1) is 0 Å². The SMILES string of the molecule is COC(COC(C)(C)CCOC(C)C)COC(C)(C)CCOC(C)C. The van der Waals surface area contributed by atoms with Gasteiger partial charge in [0, 0.05) is 20.3 Å². The van der Waals surface area contributed by atoms with Gasteiger partial charge >= 0.3 is 0 Å². The van der Waals surface area contributed by atoms with Gasteiger partial charge in [-0.05, 0) is 68.2 Å². The Bertz CT molecular complexity index is 296. The Labute approximate surface area is 155 Å². The van der Waals surface area contributed by atoms with E-state index in [0.717, 1.165) is 12.8 Å². The molecule has 0 fully saturated rings. The topological polar surface area (TPSA) is 46.2 Å². The molecule has 5 heteroatoms. The second kappa shape index (κ2) is 12.2. The number of methoxy groups -OCH3 is 1. The fraction of sp³-hybridized carbons (Fsp3) is 1.00. The second-order valence-electron chi connectivity index (χ2n) is 8.34.